The van der Waals surface area contributed by atoms with E-state index in [1.54, 1.807) is 50.4 Å². The average molecular weight is 602 g/mol. The van der Waals surface area contributed by atoms with Crippen LogP contribution in [0.4, 0.5) is 17.1 Å². The number of ether oxygens (including phenoxy) is 1. The summed E-state index contributed by atoms with van der Waals surface area (Å²) in [7, 11) is 1.56. The number of carbonyl (C=O) groups excluding carboxylic acids is 1. The highest BCUT2D eigenvalue weighted by Gasteiger charge is 2.32. The standard InChI is InChI=1S/C34H27N5O4S/c1-21-30(32(41)36-24-11-5-3-6-12-24)31(22-10-9-15-27(19-22)43-2)39-33(42)29(44-34(39)35-21)20-23-18-26(16-17-28(23)40)38-37-25-13-7-4-8-14-25/h3-20,31,40H,1-2H3,(H,36,41)/b29-20-,38-37?/t31-/m1/s1. The van der Waals surface area contributed by atoms with E-state index in [0.29, 0.717) is 54.5 Å². The lowest BCUT2D eigenvalue weighted by Gasteiger charge is -2.25. The van der Waals surface area contributed by atoms with E-state index < -0.39 is 6.04 Å². The van der Waals surface area contributed by atoms with Gasteiger partial charge >= 0.3 is 0 Å². The molecule has 0 saturated carbocycles. The average Bonchev–Trinajstić information content (AvgIpc) is 3.35. The Hall–Kier alpha value is -5.61. The second kappa shape index (κ2) is 12.3. The minimum absolute atomic E-state index is 0.0158. The van der Waals surface area contributed by atoms with Gasteiger partial charge in [-0.2, -0.15) is 10.2 Å². The van der Waals surface area contributed by atoms with Crippen LogP contribution in [0.1, 0.15) is 24.1 Å². The number of anilines is 1. The fourth-order valence-corrected chi connectivity index (χ4v) is 5.97. The summed E-state index contributed by atoms with van der Waals surface area (Å²) in [5.41, 5.74) is 3.39. The molecule has 2 heterocycles. The summed E-state index contributed by atoms with van der Waals surface area (Å²) in [6.07, 6.45) is 1.60. The number of carbonyl (C=O) groups is 1. The predicted molar refractivity (Wildman–Crippen MR) is 171 cm³/mol. The maximum Gasteiger partial charge on any atom is 0.271 e. The molecular formula is C34H27N5O4S. The zero-order valence-electron chi connectivity index (χ0n) is 23.8. The van der Waals surface area contributed by atoms with Crippen molar-refractivity contribution < 1.29 is 14.6 Å². The van der Waals surface area contributed by atoms with E-state index in [1.807, 2.05) is 66.7 Å². The number of phenols is 1. The van der Waals surface area contributed by atoms with Crippen molar-refractivity contribution in [2.45, 2.75) is 13.0 Å². The number of allylic oxidation sites excluding steroid dienone is 1. The van der Waals surface area contributed by atoms with Crippen LogP contribution in [-0.2, 0) is 4.79 Å². The largest absolute Gasteiger partial charge is 0.507 e. The molecule has 9 nitrogen and oxygen atoms in total. The van der Waals surface area contributed by atoms with Crippen LogP contribution in [-0.4, -0.2) is 22.7 Å². The van der Waals surface area contributed by atoms with Gasteiger partial charge in [0, 0.05) is 11.3 Å². The third-order valence-electron chi connectivity index (χ3n) is 7.04. The van der Waals surface area contributed by atoms with Crippen LogP contribution < -0.4 is 24.9 Å². The quantitative estimate of drug-likeness (QED) is 0.222. The van der Waals surface area contributed by atoms with Crippen LogP contribution in [0.5, 0.6) is 11.5 Å². The minimum atomic E-state index is -0.771. The lowest BCUT2D eigenvalue weighted by molar-refractivity contribution is -0.113. The van der Waals surface area contributed by atoms with Crippen molar-refractivity contribution in [3.05, 3.63) is 145 Å². The number of nitrogens with one attached hydrogen (secondary N) is 1. The molecule has 44 heavy (non-hydrogen) atoms. The number of nitrogens with zero attached hydrogens (tertiary/aromatic N) is 4. The lowest BCUT2D eigenvalue weighted by Crippen LogP contribution is -2.40. The van der Waals surface area contributed by atoms with Crippen molar-refractivity contribution in [2.75, 3.05) is 12.4 Å². The van der Waals surface area contributed by atoms with Crippen molar-refractivity contribution in [3.63, 3.8) is 0 Å². The molecule has 4 aromatic carbocycles. The van der Waals surface area contributed by atoms with Crippen molar-refractivity contribution in [1.29, 1.82) is 0 Å². The van der Waals surface area contributed by atoms with Crippen LogP contribution in [0.2, 0.25) is 0 Å². The molecule has 218 valence electrons. The summed E-state index contributed by atoms with van der Waals surface area (Å²) in [4.78, 5) is 32.9. The number of azo groups is 1. The van der Waals surface area contributed by atoms with E-state index in [0.717, 1.165) is 0 Å². The maximum atomic E-state index is 14.1. The fourth-order valence-electron chi connectivity index (χ4n) is 4.93. The van der Waals surface area contributed by atoms with Gasteiger partial charge < -0.3 is 15.2 Å². The molecule has 0 fully saturated rings. The molecule has 0 saturated heterocycles. The predicted octanol–water partition coefficient (Wildman–Crippen LogP) is 6.00. The Labute approximate surface area is 256 Å². The first-order chi connectivity index (χ1) is 21.4. The molecule has 0 spiro atoms. The summed E-state index contributed by atoms with van der Waals surface area (Å²) in [6.45, 7) is 1.76. The zero-order chi connectivity index (χ0) is 30.6. The minimum Gasteiger partial charge on any atom is -0.507 e. The number of para-hydroxylation sites is 1. The van der Waals surface area contributed by atoms with Gasteiger partial charge in [0.05, 0.1) is 40.3 Å². The van der Waals surface area contributed by atoms with Gasteiger partial charge in [-0.1, -0.05) is 59.9 Å². The van der Waals surface area contributed by atoms with Crippen LogP contribution in [0.15, 0.2) is 134 Å². The van der Waals surface area contributed by atoms with Gasteiger partial charge in [0.25, 0.3) is 11.5 Å². The molecule has 10 heteroatoms. The number of aromatic hydroxyl groups is 1. The Morgan fingerprint density at radius 1 is 0.955 bits per heavy atom. The molecule has 0 radical (unpaired) electrons. The SMILES string of the molecule is COc1cccc([C@@H]2C(C(=O)Nc3ccccc3)=C(C)N=c3s/c(=C\c4cc(N=Nc5ccccc5)ccc4O)c(=O)n32)c1. The maximum absolute atomic E-state index is 14.1. The third-order valence-corrected chi connectivity index (χ3v) is 8.03. The van der Waals surface area contributed by atoms with E-state index in [2.05, 4.69) is 20.5 Å². The fraction of sp³-hybridized carbons (Fsp3) is 0.0882. The Bertz CT molecular complexity index is 2100. The number of thiazole rings is 1. The summed E-state index contributed by atoms with van der Waals surface area (Å²) in [5, 5.41) is 22.1. The highest BCUT2D eigenvalue weighted by atomic mass is 32.1. The second-order valence-electron chi connectivity index (χ2n) is 9.96. The molecule has 2 N–H and O–H groups in total. The summed E-state index contributed by atoms with van der Waals surface area (Å²) in [5.74, 6) is 0.208. The normalized spacial score (nSPS) is 14.8. The second-order valence-corrected chi connectivity index (χ2v) is 11.0. The van der Waals surface area contributed by atoms with Gasteiger partial charge in [0.15, 0.2) is 4.80 Å². The van der Waals surface area contributed by atoms with Crippen molar-refractivity contribution >= 4 is 40.4 Å². The highest BCUT2D eigenvalue weighted by Crippen LogP contribution is 2.32. The van der Waals surface area contributed by atoms with E-state index in [-0.39, 0.29) is 17.2 Å². The Morgan fingerprint density at radius 3 is 2.43 bits per heavy atom. The van der Waals surface area contributed by atoms with Crippen LogP contribution in [0, 0.1) is 0 Å². The van der Waals surface area contributed by atoms with Gasteiger partial charge in [0.1, 0.15) is 11.5 Å². The number of methoxy groups -OCH3 is 1. The molecular weight excluding hydrogens is 574 g/mol. The summed E-state index contributed by atoms with van der Waals surface area (Å²) >= 11 is 1.18. The molecule has 1 aromatic heterocycles. The molecule has 0 bridgehead atoms. The van der Waals surface area contributed by atoms with Gasteiger partial charge in [0.2, 0.25) is 0 Å². The summed E-state index contributed by atoms with van der Waals surface area (Å²) in [6, 6.07) is 29.7. The summed E-state index contributed by atoms with van der Waals surface area (Å²) < 4.78 is 7.32. The Balaban J connectivity index is 1.46. The first-order valence-corrected chi connectivity index (χ1v) is 14.6. The Morgan fingerprint density at radius 2 is 1.68 bits per heavy atom. The van der Waals surface area contributed by atoms with Crippen molar-refractivity contribution in [3.8, 4) is 11.5 Å². The first-order valence-electron chi connectivity index (χ1n) is 13.7. The number of phenolic OH excluding ortho intramolecular Hbond substituents is 1. The monoisotopic (exact) mass is 601 g/mol. The molecule has 0 aliphatic carbocycles. The van der Waals surface area contributed by atoms with E-state index >= 15 is 0 Å². The zero-order valence-corrected chi connectivity index (χ0v) is 24.7. The van der Waals surface area contributed by atoms with Gasteiger partial charge in [-0.25, -0.2) is 4.99 Å². The number of fused-ring (bicyclic) bond motifs is 1. The lowest BCUT2D eigenvalue weighted by atomic mass is 9.95. The van der Waals surface area contributed by atoms with E-state index in [9.17, 15) is 14.7 Å². The van der Waals surface area contributed by atoms with Crippen molar-refractivity contribution in [2.24, 2.45) is 15.2 Å². The number of aromatic nitrogens is 1. The number of amides is 1. The molecule has 0 unspecified atom stereocenters. The van der Waals surface area contributed by atoms with E-state index in [4.69, 9.17) is 4.74 Å². The highest BCUT2D eigenvalue weighted by molar-refractivity contribution is 7.07. The molecule has 1 amide bonds. The topological polar surface area (TPSA) is 118 Å². The van der Waals surface area contributed by atoms with Gasteiger partial charge in [-0.3, -0.25) is 14.2 Å². The Kier molecular flexibility index (Phi) is 7.98. The smallest absolute Gasteiger partial charge is 0.271 e. The molecule has 6 rings (SSSR count). The molecule has 1 aliphatic rings. The van der Waals surface area contributed by atoms with Gasteiger partial charge in [-0.05, 0) is 73.2 Å². The number of hydrogen-bond donors (Lipinski definition) is 2. The number of rotatable bonds is 7. The van der Waals surface area contributed by atoms with Crippen molar-refractivity contribution in [1.82, 2.24) is 4.57 Å². The number of benzene rings is 4. The first kappa shape index (κ1) is 28.5. The third kappa shape index (κ3) is 5.83. The molecule has 5 aromatic rings. The van der Waals surface area contributed by atoms with E-state index in [1.165, 1.54) is 22.0 Å². The van der Waals surface area contributed by atoms with Crippen LogP contribution in [0.3, 0.4) is 0 Å². The number of hydrogen-bond acceptors (Lipinski definition) is 8. The molecule has 1 atom stereocenters. The van der Waals surface area contributed by atoms with Gasteiger partial charge in [-0.15, -0.1) is 0 Å². The van der Waals surface area contributed by atoms with Crippen LogP contribution >= 0.6 is 11.3 Å². The molecule has 1 aliphatic heterocycles. The van der Waals surface area contributed by atoms with Crippen LogP contribution in [0.25, 0.3) is 6.08 Å².